The summed E-state index contributed by atoms with van der Waals surface area (Å²) < 4.78 is 12.2. The number of likely N-dealkylation sites (N-methyl/N-ethyl adjacent to an activating group) is 1. The third-order valence-electron chi connectivity index (χ3n) is 10.3. The second kappa shape index (κ2) is 21.8. The standard InChI is InChI=1S/C44H57N11O8/c1-25-6-9-31(26(2)20-25)40(57)52-34(12-13-45)43(60)54(5)38-30-8-11-37(63-19-15-47)33(23-30)32-21-29(7-10-36(32)62-18-14-46)22-35(53-39(56)28(4)51-42(38)59)41(58)48-16-17-49-55-24-27(3)50-44(55)61/h6-11,17,20-21,23,28,34-35,38H,3,12-16,18-19,22,24,45-47H2,1-2,4-5H3,(H,48,58)(H,50,61)(H,51,59)(H,52,57)(H,53,56)/b49-17+/t28-,34-,35-,38-/m0/s1. The summed E-state index contributed by atoms with van der Waals surface area (Å²) in [7, 11) is 1.43. The fourth-order valence-electron chi connectivity index (χ4n) is 7.19. The molecule has 4 bridgehead atoms. The lowest BCUT2D eigenvalue weighted by atomic mass is 9.93. The molecule has 336 valence electrons. The van der Waals surface area contributed by atoms with Crippen LogP contribution in [-0.2, 0) is 25.6 Å². The van der Waals surface area contributed by atoms with Crippen molar-refractivity contribution < 1.29 is 38.2 Å². The SMILES string of the molecule is C=C1CN(/N=C/CNC(=O)[C@@H]2Cc3ccc(OCCN)c(c3)-c3cc(ccc3OCCN)[C@H](N(C)C(=O)[C@H](CCN)NC(=O)c3ccc(C)cc3C)C(=O)N[C@@H](C)C(=O)N2)C(=O)N1. The molecule has 2 heterocycles. The minimum atomic E-state index is -1.37. The molecule has 0 spiro atoms. The number of carbonyl (C=O) groups is 6. The zero-order valence-corrected chi connectivity index (χ0v) is 36.0. The lowest BCUT2D eigenvalue weighted by Crippen LogP contribution is -2.56. The molecule has 3 aromatic rings. The van der Waals surface area contributed by atoms with Gasteiger partial charge in [-0.05, 0) is 80.8 Å². The maximum atomic E-state index is 14.6. The van der Waals surface area contributed by atoms with E-state index in [1.807, 2.05) is 13.0 Å². The summed E-state index contributed by atoms with van der Waals surface area (Å²) in [6.45, 7) is 9.67. The van der Waals surface area contributed by atoms with Crippen LogP contribution in [0, 0.1) is 13.8 Å². The van der Waals surface area contributed by atoms with Gasteiger partial charge in [-0.15, -0.1) is 0 Å². The van der Waals surface area contributed by atoms with Gasteiger partial charge in [-0.1, -0.05) is 36.4 Å². The maximum absolute atomic E-state index is 14.6. The van der Waals surface area contributed by atoms with Crippen LogP contribution >= 0.6 is 0 Å². The molecule has 5 rings (SSSR count). The average molecular weight is 868 g/mol. The van der Waals surface area contributed by atoms with Gasteiger partial charge in [0.05, 0.1) is 13.1 Å². The number of carbonyl (C=O) groups excluding carboxylic acids is 6. The molecule has 2 aliphatic rings. The largest absolute Gasteiger partial charge is 0.492 e. The molecule has 0 unspecified atom stereocenters. The van der Waals surface area contributed by atoms with E-state index in [4.69, 9.17) is 26.7 Å². The summed E-state index contributed by atoms with van der Waals surface area (Å²) in [5.41, 5.74) is 22.1. The Balaban J connectivity index is 1.56. The summed E-state index contributed by atoms with van der Waals surface area (Å²) in [6, 6.07) is 10.2. The third-order valence-corrected chi connectivity index (χ3v) is 10.3. The van der Waals surface area contributed by atoms with Gasteiger partial charge >= 0.3 is 6.03 Å². The highest BCUT2D eigenvalue weighted by Gasteiger charge is 2.36. The van der Waals surface area contributed by atoms with E-state index in [0.717, 1.165) is 10.6 Å². The number of amides is 7. The second-order valence-corrected chi connectivity index (χ2v) is 15.3. The van der Waals surface area contributed by atoms with Gasteiger partial charge in [0, 0.05) is 55.2 Å². The Hall–Kier alpha value is -6.83. The van der Waals surface area contributed by atoms with Crippen LogP contribution in [0.25, 0.3) is 11.1 Å². The zero-order valence-electron chi connectivity index (χ0n) is 36.0. The second-order valence-electron chi connectivity index (χ2n) is 15.3. The van der Waals surface area contributed by atoms with Crippen LogP contribution in [-0.4, -0.2) is 123 Å². The summed E-state index contributed by atoms with van der Waals surface area (Å²) in [6.07, 6.45) is 1.40. The fourth-order valence-corrected chi connectivity index (χ4v) is 7.19. The number of aryl methyl sites for hydroxylation is 2. The van der Waals surface area contributed by atoms with Crippen molar-refractivity contribution in [1.82, 2.24) is 36.5 Å². The van der Waals surface area contributed by atoms with E-state index < -0.39 is 59.7 Å². The molecule has 11 N–H and O–H groups in total. The van der Waals surface area contributed by atoms with Crippen LogP contribution < -0.4 is 53.3 Å². The van der Waals surface area contributed by atoms with E-state index in [-0.39, 0.29) is 58.8 Å². The van der Waals surface area contributed by atoms with Crippen LogP contribution in [0.15, 0.2) is 72.0 Å². The van der Waals surface area contributed by atoms with Gasteiger partial charge in [0.25, 0.3) is 5.91 Å². The van der Waals surface area contributed by atoms with Crippen molar-refractivity contribution in [3.05, 3.63) is 94.7 Å². The Morgan fingerprint density at radius 2 is 1.62 bits per heavy atom. The van der Waals surface area contributed by atoms with Gasteiger partial charge in [0.1, 0.15) is 48.9 Å². The molecule has 4 atom stereocenters. The van der Waals surface area contributed by atoms with Crippen LogP contribution in [0.4, 0.5) is 4.79 Å². The van der Waals surface area contributed by atoms with Crippen molar-refractivity contribution in [3.63, 3.8) is 0 Å². The van der Waals surface area contributed by atoms with E-state index >= 15 is 0 Å². The Labute approximate surface area is 366 Å². The predicted octanol–water partition coefficient (Wildman–Crippen LogP) is 0.479. The molecular weight excluding hydrogens is 811 g/mol. The first kappa shape index (κ1) is 47.2. The van der Waals surface area contributed by atoms with Gasteiger partial charge in [-0.3, -0.25) is 24.0 Å². The molecule has 3 aromatic carbocycles. The molecule has 19 heteroatoms. The number of hydrogen-bond donors (Lipinski definition) is 8. The normalized spacial score (nSPS) is 18.1. The van der Waals surface area contributed by atoms with Crippen LogP contribution in [0.2, 0.25) is 0 Å². The smallest absolute Gasteiger partial charge is 0.342 e. The lowest BCUT2D eigenvalue weighted by Gasteiger charge is -2.32. The van der Waals surface area contributed by atoms with Crippen molar-refractivity contribution in [2.45, 2.75) is 57.8 Å². The molecular formula is C44H57N11O8. The molecule has 0 aliphatic carbocycles. The molecule has 1 saturated heterocycles. The zero-order chi connectivity index (χ0) is 45.8. The van der Waals surface area contributed by atoms with Crippen LogP contribution in [0.1, 0.15) is 52.0 Å². The number of nitrogens with one attached hydrogen (secondary N) is 5. The number of benzene rings is 3. The Bertz CT molecular complexity index is 2250. The summed E-state index contributed by atoms with van der Waals surface area (Å²) in [5, 5.41) is 18.8. The Morgan fingerprint density at radius 1 is 0.937 bits per heavy atom. The van der Waals surface area contributed by atoms with E-state index in [9.17, 15) is 28.8 Å². The molecule has 0 saturated carbocycles. The highest BCUT2D eigenvalue weighted by Crippen LogP contribution is 2.40. The van der Waals surface area contributed by atoms with Crippen LogP contribution in [0.3, 0.4) is 0 Å². The van der Waals surface area contributed by atoms with E-state index in [0.29, 0.717) is 50.6 Å². The molecule has 19 nitrogen and oxygen atoms in total. The molecule has 0 aromatic heterocycles. The summed E-state index contributed by atoms with van der Waals surface area (Å²) in [4.78, 5) is 83.5. The topological polar surface area (TPSA) is 278 Å². The number of ether oxygens (including phenoxy) is 2. The molecule has 1 fully saturated rings. The van der Waals surface area contributed by atoms with Gasteiger partial charge < -0.3 is 58.2 Å². The molecule has 7 amide bonds. The average Bonchev–Trinajstić information content (AvgIpc) is 3.58. The highest BCUT2D eigenvalue weighted by atomic mass is 16.5. The minimum Gasteiger partial charge on any atom is -0.492 e. The van der Waals surface area contributed by atoms with Crippen molar-refractivity contribution in [3.8, 4) is 22.6 Å². The number of rotatable bonds is 16. The molecule has 2 aliphatic heterocycles. The van der Waals surface area contributed by atoms with E-state index in [2.05, 4.69) is 38.3 Å². The maximum Gasteiger partial charge on any atom is 0.342 e. The fraction of sp³-hybridized carbons (Fsp3) is 0.386. The first-order valence-electron chi connectivity index (χ1n) is 20.6. The van der Waals surface area contributed by atoms with E-state index in [1.54, 1.807) is 55.5 Å². The van der Waals surface area contributed by atoms with E-state index in [1.165, 1.54) is 25.1 Å². The molecule has 63 heavy (non-hydrogen) atoms. The Morgan fingerprint density at radius 3 is 2.25 bits per heavy atom. The molecule has 0 radical (unpaired) electrons. The summed E-state index contributed by atoms with van der Waals surface area (Å²) >= 11 is 0. The van der Waals surface area contributed by atoms with Crippen molar-refractivity contribution in [2.24, 2.45) is 22.3 Å². The monoisotopic (exact) mass is 867 g/mol. The number of hydrazone groups is 1. The van der Waals surface area contributed by atoms with Gasteiger partial charge in [0.2, 0.25) is 23.6 Å². The number of fused-ring (bicyclic) bond motifs is 5. The van der Waals surface area contributed by atoms with Crippen molar-refractivity contribution in [2.75, 3.05) is 53.0 Å². The highest BCUT2D eigenvalue weighted by molar-refractivity contribution is 6.00. The predicted molar refractivity (Wildman–Crippen MR) is 236 cm³/mol. The number of nitrogens with two attached hydrogens (primary N) is 3. The van der Waals surface area contributed by atoms with Gasteiger partial charge in [-0.2, -0.15) is 5.10 Å². The first-order valence-corrected chi connectivity index (χ1v) is 20.6. The van der Waals surface area contributed by atoms with Gasteiger partial charge in [0.15, 0.2) is 0 Å². The lowest BCUT2D eigenvalue weighted by molar-refractivity contribution is -0.141. The number of nitrogens with zero attached hydrogens (tertiary/aromatic N) is 3. The quantitative estimate of drug-likeness (QED) is 0.0918. The van der Waals surface area contributed by atoms with Crippen molar-refractivity contribution in [1.29, 1.82) is 0 Å². The Kier molecular flexibility index (Phi) is 16.3. The summed E-state index contributed by atoms with van der Waals surface area (Å²) in [5.74, 6) is -2.33. The van der Waals surface area contributed by atoms with Crippen molar-refractivity contribution >= 4 is 41.8 Å². The van der Waals surface area contributed by atoms with Crippen LogP contribution in [0.5, 0.6) is 11.5 Å². The number of urea groups is 1. The third kappa shape index (κ3) is 12.0. The minimum absolute atomic E-state index is 0.00279. The van der Waals surface area contributed by atoms with Gasteiger partial charge in [-0.25, -0.2) is 9.80 Å². The first-order chi connectivity index (χ1) is 30.1. The number of hydrogen-bond acceptors (Lipinski definition) is 12.